The predicted octanol–water partition coefficient (Wildman–Crippen LogP) is 3.51. The lowest BCUT2D eigenvalue weighted by molar-refractivity contribution is 0.600. The van der Waals surface area contributed by atoms with Crippen LogP contribution in [0.15, 0.2) is 35.2 Å². The highest BCUT2D eigenvalue weighted by Gasteiger charge is 2.17. The molecule has 0 fully saturated rings. The Morgan fingerprint density at radius 2 is 1.78 bits per heavy atom. The van der Waals surface area contributed by atoms with E-state index >= 15 is 0 Å². The van der Waals surface area contributed by atoms with E-state index in [0.717, 1.165) is 11.8 Å². The third-order valence-electron chi connectivity index (χ3n) is 3.01. The van der Waals surface area contributed by atoms with Gasteiger partial charge in [-0.15, -0.1) is 0 Å². The SMILES string of the molecule is CC(C)c1ccc(S(C)(=O)=O)c2c(F)cccc12. The lowest BCUT2D eigenvalue weighted by atomic mass is 9.96. The molecule has 0 unspecified atom stereocenters. The molecule has 0 aliphatic rings. The molecule has 2 aromatic carbocycles. The molecule has 0 atom stereocenters. The maximum atomic E-state index is 14.0. The molecule has 0 bridgehead atoms. The van der Waals surface area contributed by atoms with Crippen molar-refractivity contribution < 1.29 is 12.8 Å². The summed E-state index contributed by atoms with van der Waals surface area (Å²) in [6.07, 6.45) is 1.10. The molecular formula is C14H15FO2S. The van der Waals surface area contributed by atoms with E-state index in [4.69, 9.17) is 0 Å². The summed E-state index contributed by atoms with van der Waals surface area (Å²) in [5.74, 6) is -0.279. The van der Waals surface area contributed by atoms with Gasteiger partial charge < -0.3 is 0 Å². The normalized spacial score (nSPS) is 12.3. The van der Waals surface area contributed by atoms with E-state index in [0.29, 0.717) is 5.39 Å². The molecule has 2 rings (SSSR count). The molecule has 0 N–H and O–H groups in total. The van der Waals surface area contributed by atoms with Crippen molar-refractivity contribution >= 4 is 20.6 Å². The smallest absolute Gasteiger partial charge is 0.176 e. The fourth-order valence-corrected chi connectivity index (χ4v) is 3.06. The van der Waals surface area contributed by atoms with E-state index in [2.05, 4.69) is 0 Å². The minimum Gasteiger partial charge on any atom is -0.224 e. The van der Waals surface area contributed by atoms with Crippen LogP contribution in [0.5, 0.6) is 0 Å². The zero-order valence-corrected chi connectivity index (χ0v) is 11.4. The van der Waals surface area contributed by atoms with Gasteiger partial charge in [-0.1, -0.05) is 32.0 Å². The zero-order valence-electron chi connectivity index (χ0n) is 10.6. The van der Waals surface area contributed by atoms with Crippen LogP contribution in [-0.2, 0) is 9.84 Å². The van der Waals surface area contributed by atoms with E-state index in [-0.39, 0.29) is 16.2 Å². The van der Waals surface area contributed by atoms with Crippen LogP contribution in [0.3, 0.4) is 0 Å². The summed E-state index contributed by atoms with van der Waals surface area (Å²) in [6, 6.07) is 7.93. The summed E-state index contributed by atoms with van der Waals surface area (Å²) < 4.78 is 37.4. The van der Waals surface area contributed by atoms with Gasteiger partial charge in [-0.05, 0) is 29.0 Å². The van der Waals surface area contributed by atoms with E-state index in [1.54, 1.807) is 18.2 Å². The van der Waals surface area contributed by atoms with Gasteiger partial charge in [-0.25, -0.2) is 12.8 Å². The van der Waals surface area contributed by atoms with Gasteiger partial charge in [-0.3, -0.25) is 0 Å². The number of hydrogen-bond acceptors (Lipinski definition) is 2. The van der Waals surface area contributed by atoms with Gasteiger partial charge in [0.2, 0.25) is 0 Å². The molecule has 0 aromatic heterocycles. The average molecular weight is 266 g/mol. The number of hydrogen-bond donors (Lipinski definition) is 0. The molecule has 0 amide bonds. The zero-order chi connectivity index (χ0) is 13.5. The largest absolute Gasteiger partial charge is 0.224 e. The van der Waals surface area contributed by atoms with Crippen LogP contribution in [0.4, 0.5) is 4.39 Å². The Hall–Kier alpha value is -1.42. The summed E-state index contributed by atoms with van der Waals surface area (Å²) in [5, 5.41) is 0.874. The first-order chi connectivity index (χ1) is 8.32. The lowest BCUT2D eigenvalue weighted by Crippen LogP contribution is -2.02. The molecule has 0 aliphatic heterocycles. The molecule has 0 saturated heterocycles. The van der Waals surface area contributed by atoms with Crippen molar-refractivity contribution in [1.82, 2.24) is 0 Å². The molecule has 2 aromatic rings. The van der Waals surface area contributed by atoms with Crippen molar-refractivity contribution in [2.45, 2.75) is 24.7 Å². The van der Waals surface area contributed by atoms with Crippen LogP contribution < -0.4 is 0 Å². The highest BCUT2D eigenvalue weighted by Crippen LogP contribution is 2.32. The summed E-state index contributed by atoms with van der Waals surface area (Å²) in [6.45, 7) is 4.00. The van der Waals surface area contributed by atoms with Gasteiger partial charge in [0.25, 0.3) is 0 Å². The molecule has 4 heteroatoms. The monoisotopic (exact) mass is 266 g/mol. The first-order valence-electron chi connectivity index (χ1n) is 5.73. The van der Waals surface area contributed by atoms with Crippen LogP contribution in [0.1, 0.15) is 25.3 Å². The summed E-state index contributed by atoms with van der Waals surface area (Å²) >= 11 is 0. The number of fused-ring (bicyclic) bond motifs is 1. The second-order valence-corrected chi connectivity index (χ2v) is 6.73. The second-order valence-electron chi connectivity index (χ2n) is 4.74. The van der Waals surface area contributed by atoms with Crippen LogP contribution >= 0.6 is 0 Å². The number of halogens is 1. The van der Waals surface area contributed by atoms with Crippen molar-refractivity contribution in [1.29, 1.82) is 0 Å². The molecule has 0 aliphatic carbocycles. The maximum absolute atomic E-state index is 14.0. The van der Waals surface area contributed by atoms with E-state index in [9.17, 15) is 12.8 Å². The third kappa shape index (κ3) is 2.12. The topological polar surface area (TPSA) is 34.1 Å². The van der Waals surface area contributed by atoms with Crippen LogP contribution in [0.25, 0.3) is 10.8 Å². The minimum atomic E-state index is -3.43. The molecule has 0 spiro atoms. The Balaban J connectivity index is 2.99. The summed E-state index contributed by atoms with van der Waals surface area (Å²) in [4.78, 5) is 0.0556. The average Bonchev–Trinajstić information content (AvgIpc) is 2.26. The van der Waals surface area contributed by atoms with Crippen molar-refractivity contribution in [2.24, 2.45) is 0 Å². The molecule has 96 valence electrons. The van der Waals surface area contributed by atoms with Gasteiger partial charge in [0.1, 0.15) is 5.82 Å². The second kappa shape index (κ2) is 4.35. The van der Waals surface area contributed by atoms with Gasteiger partial charge in [0.15, 0.2) is 9.84 Å². The van der Waals surface area contributed by atoms with Gasteiger partial charge in [0.05, 0.1) is 4.90 Å². The van der Waals surface area contributed by atoms with E-state index < -0.39 is 15.7 Å². The van der Waals surface area contributed by atoms with Gasteiger partial charge in [0, 0.05) is 11.6 Å². The number of sulfone groups is 1. The van der Waals surface area contributed by atoms with Crippen molar-refractivity contribution in [3.05, 3.63) is 41.7 Å². The summed E-state index contributed by atoms with van der Waals surface area (Å²) in [5.41, 5.74) is 0.955. The highest BCUT2D eigenvalue weighted by molar-refractivity contribution is 7.91. The maximum Gasteiger partial charge on any atom is 0.176 e. The highest BCUT2D eigenvalue weighted by atomic mass is 32.2. The van der Waals surface area contributed by atoms with Crippen LogP contribution in [0.2, 0.25) is 0 Å². The fourth-order valence-electron chi connectivity index (χ4n) is 2.17. The van der Waals surface area contributed by atoms with Crippen LogP contribution in [-0.4, -0.2) is 14.7 Å². The Morgan fingerprint density at radius 3 is 2.33 bits per heavy atom. The Kier molecular flexibility index (Phi) is 3.15. The van der Waals surface area contributed by atoms with E-state index in [1.807, 2.05) is 13.8 Å². The Labute approximate surface area is 106 Å². The first kappa shape index (κ1) is 13.0. The number of rotatable bonds is 2. The molecule has 0 saturated carbocycles. The Bertz CT molecular complexity index is 703. The molecule has 18 heavy (non-hydrogen) atoms. The van der Waals surface area contributed by atoms with Crippen molar-refractivity contribution in [3.63, 3.8) is 0 Å². The molecule has 0 heterocycles. The van der Waals surface area contributed by atoms with Gasteiger partial charge in [-0.2, -0.15) is 0 Å². The van der Waals surface area contributed by atoms with E-state index in [1.165, 1.54) is 12.1 Å². The number of benzene rings is 2. The van der Waals surface area contributed by atoms with Crippen molar-refractivity contribution in [2.75, 3.05) is 6.26 Å². The molecule has 2 nitrogen and oxygen atoms in total. The minimum absolute atomic E-state index is 0.0556. The molecular weight excluding hydrogens is 251 g/mol. The molecule has 0 radical (unpaired) electrons. The quantitative estimate of drug-likeness (QED) is 0.833. The third-order valence-corrected chi connectivity index (χ3v) is 4.15. The standard InChI is InChI=1S/C14H15FO2S/c1-9(2)10-7-8-13(18(3,16)17)14-11(10)5-4-6-12(14)15/h4-9H,1-3H3. The fraction of sp³-hybridized carbons (Fsp3) is 0.286. The predicted molar refractivity (Wildman–Crippen MR) is 71.1 cm³/mol. The summed E-state index contributed by atoms with van der Waals surface area (Å²) in [7, 11) is -3.43. The van der Waals surface area contributed by atoms with Gasteiger partial charge >= 0.3 is 0 Å². The van der Waals surface area contributed by atoms with Crippen molar-refractivity contribution in [3.8, 4) is 0 Å². The Morgan fingerprint density at radius 1 is 1.11 bits per heavy atom. The lowest BCUT2D eigenvalue weighted by Gasteiger charge is -2.13. The van der Waals surface area contributed by atoms with Crippen LogP contribution in [0, 0.1) is 5.82 Å². The first-order valence-corrected chi connectivity index (χ1v) is 7.62.